The van der Waals surface area contributed by atoms with Crippen LogP contribution in [0.25, 0.3) is 0 Å². The van der Waals surface area contributed by atoms with E-state index in [1.165, 1.54) is 6.07 Å². The van der Waals surface area contributed by atoms with E-state index in [4.69, 9.17) is 0 Å². The monoisotopic (exact) mass is 280 g/mol. The van der Waals surface area contributed by atoms with Gasteiger partial charge in [-0.1, -0.05) is 32.9 Å². The Kier molecular flexibility index (Phi) is 5.65. The van der Waals surface area contributed by atoms with Gasteiger partial charge in [-0.05, 0) is 24.3 Å². The van der Waals surface area contributed by atoms with Crippen LogP contribution in [0, 0.1) is 15.5 Å². The van der Waals surface area contributed by atoms with Gasteiger partial charge in [0, 0.05) is 24.2 Å². The Morgan fingerprint density at radius 1 is 1.40 bits per heavy atom. The molecular formula is C15H24N2O3. The first kappa shape index (κ1) is 16.6. The van der Waals surface area contributed by atoms with Gasteiger partial charge in [0.1, 0.15) is 0 Å². The predicted octanol–water partition coefficient (Wildman–Crippen LogP) is 3.04. The molecule has 0 saturated heterocycles. The maximum Gasteiger partial charge on any atom is 0.269 e. The summed E-state index contributed by atoms with van der Waals surface area (Å²) in [5.41, 5.74) is 1.06. The standard InChI is InChI=1S/C15H24N2O3/c1-11(16-13(10-18)9-15(2,3)4)12-6-5-7-14(8-12)17(19)20/h5-8,11,13,16,18H,9-10H2,1-4H3. The van der Waals surface area contributed by atoms with E-state index in [0.29, 0.717) is 0 Å². The van der Waals surface area contributed by atoms with Crippen molar-refractivity contribution in [1.29, 1.82) is 0 Å². The summed E-state index contributed by atoms with van der Waals surface area (Å²) in [6.45, 7) is 8.36. The molecule has 1 rings (SSSR count). The lowest BCUT2D eigenvalue weighted by Crippen LogP contribution is -2.37. The van der Waals surface area contributed by atoms with Crippen molar-refractivity contribution < 1.29 is 10.0 Å². The SMILES string of the molecule is CC(NC(CO)CC(C)(C)C)c1cccc([N+](=O)[O-])c1. The number of nitrogens with one attached hydrogen (secondary N) is 1. The molecule has 2 N–H and O–H groups in total. The highest BCUT2D eigenvalue weighted by Crippen LogP contribution is 2.24. The first-order valence-corrected chi connectivity index (χ1v) is 6.84. The van der Waals surface area contributed by atoms with Crippen molar-refractivity contribution in [1.82, 2.24) is 5.32 Å². The van der Waals surface area contributed by atoms with Gasteiger partial charge in [0.25, 0.3) is 5.69 Å². The molecule has 112 valence electrons. The first-order chi connectivity index (χ1) is 9.23. The first-order valence-electron chi connectivity index (χ1n) is 6.84. The zero-order chi connectivity index (χ0) is 15.3. The summed E-state index contributed by atoms with van der Waals surface area (Å²) < 4.78 is 0. The summed E-state index contributed by atoms with van der Waals surface area (Å²) >= 11 is 0. The van der Waals surface area contributed by atoms with Crippen LogP contribution >= 0.6 is 0 Å². The number of benzene rings is 1. The van der Waals surface area contributed by atoms with E-state index in [1.54, 1.807) is 12.1 Å². The molecule has 0 spiro atoms. The van der Waals surface area contributed by atoms with Crippen LogP contribution in [0.4, 0.5) is 5.69 Å². The fourth-order valence-corrected chi connectivity index (χ4v) is 2.27. The highest BCUT2D eigenvalue weighted by atomic mass is 16.6. The highest BCUT2D eigenvalue weighted by molar-refractivity contribution is 5.35. The number of aliphatic hydroxyl groups is 1. The Morgan fingerprint density at radius 2 is 2.05 bits per heavy atom. The van der Waals surface area contributed by atoms with Crippen LogP contribution in [0.15, 0.2) is 24.3 Å². The molecule has 20 heavy (non-hydrogen) atoms. The molecule has 0 bridgehead atoms. The topological polar surface area (TPSA) is 75.4 Å². The van der Waals surface area contributed by atoms with Crippen LogP contribution in [-0.2, 0) is 0 Å². The lowest BCUT2D eigenvalue weighted by atomic mass is 9.88. The zero-order valence-electron chi connectivity index (χ0n) is 12.6. The van der Waals surface area contributed by atoms with Gasteiger partial charge in [-0.25, -0.2) is 0 Å². The summed E-state index contributed by atoms with van der Waals surface area (Å²) in [5, 5.41) is 23.6. The lowest BCUT2D eigenvalue weighted by molar-refractivity contribution is -0.384. The molecule has 0 radical (unpaired) electrons. The molecule has 0 fully saturated rings. The van der Waals surface area contributed by atoms with Crippen molar-refractivity contribution in [3.63, 3.8) is 0 Å². The van der Waals surface area contributed by atoms with Crippen molar-refractivity contribution in [2.24, 2.45) is 5.41 Å². The number of rotatable bonds is 6. The zero-order valence-corrected chi connectivity index (χ0v) is 12.6. The maximum atomic E-state index is 10.8. The third-order valence-electron chi connectivity index (χ3n) is 3.15. The van der Waals surface area contributed by atoms with E-state index in [0.717, 1.165) is 12.0 Å². The van der Waals surface area contributed by atoms with Gasteiger partial charge in [-0.15, -0.1) is 0 Å². The molecule has 2 atom stereocenters. The van der Waals surface area contributed by atoms with Crippen LogP contribution in [0.3, 0.4) is 0 Å². The van der Waals surface area contributed by atoms with Crippen molar-refractivity contribution in [2.75, 3.05) is 6.61 Å². The minimum absolute atomic E-state index is 0.0238. The van der Waals surface area contributed by atoms with Gasteiger partial charge in [-0.3, -0.25) is 10.1 Å². The highest BCUT2D eigenvalue weighted by Gasteiger charge is 2.20. The molecule has 5 nitrogen and oxygen atoms in total. The number of nitro benzene ring substituents is 1. The van der Waals surface area contributed by atoms with Crippen LogP contribution in [0.1, 0.15) is 45.7 Å². The van der Waals surface area contributed by atoms with Crippen LogP contribution in [0.2, 0.25) is 0 Å². The molecule has 1 aromatic carbocycles. The molecular weight excluding hydrogens is 256 g/mol. The van der Waals surface area contributed by atoms with Crippen LogP contribution in [0.5, 0.6) is 0 Å². The molecule has 0 aliphatic carbocycles. The Hall–Kier alpha value is -1.46. The fraction of sp³-hybridized carbons (Fsp3) is 0.600. The fourth-order valence-electron chi connectivity index (χ4n) is 2.27. The van der Waals surface area contributed by atoms with Gasteiger partial charge in [0.05, 0.1) is 11.5 Å². The normalized spacial score (nSPS) is 14.8. The molecule has 0 heterocycles. The Balaban J connectivity index is 2.76. The summed E-state index contributed by atoms with van der Waals surface area (Å²) in [6.07, 6.45) is 0.836. The quantitative estimate of drug-likeness (QED) is 0.620. The van der Waals surface area contributed by atoms with Crippen LogP contribution in [-0.4, -0.2) is 22.7 Å². The molecule has 2 unspecified atom stereocenters. The minimum atomic E-state index is -0.394. The molecule has 0 amide bonds. The van der Waals surface area contributed by atoms with E-state index >= 15 is 0 Å². The van der Waals surface area contributed by atoms with Crippen molar-refractivity contribution >= 4 is 5.69 Å². The van der Waals surface area contributed by atoms with E-state index in [2.05, 4.69) is 26.1 Å². The average Bonchev–Trinajstić information content (AvgIpc) is 2.36. The smallest absolute Gasteiger partial charge is 0.269 e. The molecule has 0 aliphatic rings. The van der Waals surface area contributed by atoms with Gasteiger partial charge >= 0.3 is 0 Å². The maximum absolute atomic E-state index is 10.8. The third kappa shape index (κ3) is 5.27. The number of hydrogen-bond acceptors (Lipinski definition) is 4. The number of non-ortho nitro benzene ring substituents is 1. The van der Waals surface area contributed by atoms with Crippen LogP contribution < -0.4 is 5.32 Å². The Morgan fingerprint density at radius 3 is 2.55 bits per heavy atom. The van der Waals surface area contributed by atoms with Gasteiger partial charge < -0.3 is 10.4 Å². The molecule has 5 heteroatoms. The number of nitrogens with zero attached hydrogens (tertiary/aromatic N) is 1. The molecule has 0 aliphatic heterocycles. The molecule has 0 aromatic heterocycles. The summed E-state index contributed by atoms with van der Waals surface area (Å²) in [4.78, 5) is 10.4. The van der Waals surface area contributed by atoms with Crippen molar-refractivity contribution in [3.05, 3.63) is 39.9 Å². The Labute approximate surface area is 120 Å². The van der Waals surface area contributed by atoms with Gasteiger partial charge in [-0.2, -0.15) is 0 Å². The largest absolute Gasteiger partial charge is 0.395 e. The van der Waals surface area contributed by atoms with E-state index in [1.807, 2.05) is 13.0 Å². The number of hydrogen-bond donors (Lipinski definition) is 2. The van der Waals surface area contributed by atoms with Crippen molar-refractivity contribution in [2.45, 2.75) is 46.2 Å². The summed E-state index contributed by atoms with van der Waals surface area (Å²) in [6, 6.07) is 6.52. The predicted molar refractivity (Wildman–Crippen MR) is 79.6 cm³/mol. The molecule has 0 saturated carbocycles. The van der Waals surface area contributed by atoms with E-state index < -0.39 is 4.92 Å². The van der Waals surface area contributed by atoms with E-state index in [9.17, 15) is 15.2 Å². The minimum Gasteiger partial charge on any atom is -0.395 e. The van der Waals surface area contributed by atoms with Gasteiger partial charge in [0.15, 0.2) is 0 Å². The van der Waals surface area contributed by atoms with Gasteiger partial charge in [0.2, 0.25) is 0 Å². The third-order valence-corrected chi connectivity index (χ3v) is 3.15. The summed E-state index contributed by atoms with van der Waals surface area (Å²) in [5.74, 6) is 0. The number of nitro groups is 1. The Bertz CT molecular complexity index is 455. The lowest BCUT2D eigenvalue weighted by Gasteiger charge is -2.28. The number of aliphatic hydroxyl groups excluding tert-OH is 1. The second-order valence-electron chi connectivity index (χ2n) is 6.38. The second-order valence-corrected chi connectivity index (χ2v) is 6.38. The van der Waals surface area contributed by atoms with Crippen molar-refractivity contribution in [3.8, 4) is 0 Å². The average molecular weight is 280 g/mol. The van der Waals surface area contributed by atoms with E-state index in [-0.39, 0.29) is 29.8 Å². The molecule has 1 aromatic rings. The second kappa shape index (κ2) is 6.81. The summed E-state index contributed by atoms with van der Waals surface area (Å²) in [7, 11) is 0.